The second-order valence-corrected chi connectivity index (χ2v) is 8.81. The average molecular weight is 471 g/mol. The predicted molar refractivity (Wildman–Crippen MR) is 111 cm³/mol. The van der Waals surface area contributed by atoms with E-state index in [0.717, 1.165) is 5.33 Å². The molecule has 0 radical (unpaired) electrons. The molecule has 0 fully saturated rings. The van der Waals surface area contributed by atoms with Gasteiger partial charge in [-0.2, -0.15) is 0 Å². The topological polar surface area (TPSA) is 0 Å². The largest absolute Gasteiger partial charge is 1.00 e. The lowest BCUT2D eigenvalue weighted by atomic mass is 10.0. The first-order chi connectivity index (χ1) is 11.1. The van der Waals surface area contributed by atoms with E-state index in [2.05, 4.69) is 36.9 Å². The standard InChI is InChI=1S/C21H45BrN.BrH/c1-4-5-6-7-8-9-10-11-12-13-14-15-16-17-20-23(2,3)21-18-19-22;/h4-21H2,1-3H3;1H/q+1;/p-1. The van der Waals surface area contributed by atoms with Crippen molar-refractivity contribution in [2.24, 2.45) is 0 Å². The third kappa shape index (κ3) is 21.0. The van der Waals surface area contributed by atoms with Crippen molar-refractivity contribution < 1.29 is 21.5 Å². The molecule has 0 saturated carbocycles. The van der Waals surface area contributed by atoms with E-state index in [1.54, 1.807) is 0 Å². The van der Waals surface area contributed by atoms with Gasteiger partial charge in [0.2, 0.25) is 0 Å². The zero-order chi connectivity index (χ0) is 17.2. The van der Waals surface area contributed by atoms with Gasteiger partial charge < -0.3 is 21.5 Å². The van der Waals surface area contributed by atoms with Crippen LogP contribution >= 0.6 is 15.9 Å². The van der Waals surface area contributed by atoms with Crippen LogP contribution in [0.4, 0.5) is 0 Å². The third-order valence-corrected chi connectivity index (χ3v) is 5.57. The van der Waals surface area contributed by atoms with Gasteiger partial charge in [-0.05, 0) is 12.8 Å². The van der Waals surface area contributed by atoms with Gasteiger partial charge in [0.1, 0.15) is 0 Å². The molecule has 0 aromatic heterocycles. The molecule has 0 heterocycles. The Labute approximate surface area is 172 Å². The molecule has 0 saturated heterocycles. The number of quaternary nitrogens is 1. The van der Waals surface area contributed by atoms with Gasteiger partial charge in [0.25, 0.3) is 0 Å². The van der Waals surface area contributed by atoms with Crippen molar-refractivity contribution in [1.82, 2.24) is 0 Å². The van der Waals surface area contributed by atoms with Crippen molar-refractivity contribution in [3.05, 3.63) is 0 Å². The van der Waals surface area contributed by atoms with Crippen LogP contribution in [-0.2, 0) is 0 Å². The van der Waals surface area contributed by atoms with Crippen molar-refractivity contribution >= 4 is 15.9 Å². The lowest BCUT2D eigenvalue weighted by Crippen LogP contribution is -3.00. The van der Waals surface area contributed by atoms with E-state index in [9.17, 15) is 0 Å². The second-order valence-electron chi connectivity index (χ2n) is 8.02. The number of hydrogen-bond acceptors (Lipinski definition) is 0. The first-order valence-electron chi connectivity index (χ1n) is 10.5. The van der Waals surface area contributed by atoms with Crippen LogP contribution in [0.15, 0.2) is 0 Å². The number of alkyl halides is 1. The summed E-state index contributed by atoms with van der Waals surface area (Å²) in [4.78, 5) is 0. The number of rotatable bonds is 18. The molecule has 0 N–H and O–H groups in total. The summed E-state index contributed by atoms with van der Waals surface area (Å²) in [7, 11) is 4.76. The number of hydrogen-bond donors (Lipinski definition) is 0. The Morgan fingerprint density at radius 2 is 0.875 bits per heavy atom. The van der Waals surface area contributed by atoms with Crippen molar-refractivity contribution in [2.45, 2.75) is 103 Å². The fourth-order valence-corrected chi connectivity index (χ4v) is 3.58. The van der Waals surface area contributed by atoms with E-state index < -0.39 is 0 Å². The summed E-state index contributed by atoms with van der Waals surface area (Å²) >= 11 is 3.54. The summed E-state index contributed by atoms with van der Waals surface area (Å²) in [6.45, 7) is 4.96. The normalized spacial score (nSPS) is 11.5. The van der Waals surface area contributed by atoms with Crippen LogP contribution in [0.1, 0.15) is 103 Å². The monoisotopic (exact) mass is 469 g/mol. The summed E-state index contributed by atoms with van der Waals surface area (Å²) in [6, 6.07) is 0. The quantitative estimate of drug-likeness (QED) is 0.159. The highest BCUT2D eigenvalue weighted by Crippen LogP contribution is 2.13. The summed E-state index contributed by atoms with van der Waals surface area (Å²) in [5, 5.41) is 1.15. The molecule has 3 heteroatoms. The highest BCUT2D eigenvalue weighted by atomic mass is 79.9. The summed E-state index contributed by atoms with van der Waals surface area (Å²) in [5.41, 5.74) is 0. The van der Waals surface area contributed by atoms with Crippen LogP contribution < -0.4 is 17.0 Å². The second kappa shape index (κ2) is 20.2. The van der Waals surface area contributed by atoms with Crippen LogP contribution in [0, 0.1) is 0 Å². The lowest BCUT2D eigenvalue weighted by molar-refractivity contribution is -0.890. The minimum Gasteiger partial charge on any atom is -1.00 e. The molecule has 0 atom stereocenters. The Hall–Kier alpha value is 0.920. The average Bonchev–Trinajstić information content (AvgIpc) is 2.53. The molecular formula is C21H45Br2N. The fraction of sp³-hybridized carbons (Fsp3) is 1.00. The van der Waals surface area contributed by atoms with Gasteiger partial charge in [-0.25, -0.2) is 0 Å². The molecular weight excluding hydrogens is 426 g/mol. The Morgan fingerprint density at radius 3 is 1.25 bits per heavy atom. The summed E-state index contributed by atoms with van der Waals surface area (Å²) in [6.07, 6.45) is 21.6. The minimum absolute atomic E-state index is 0. The van der Waals surface area contributed by atoms with E-state index in [1.807, 2.05) is 0 Å². The minimum atomic E-state index is 0. The highest BCUT2D eigenvalue weighted by Gasteiger charge is 2.12. The Morgan fingerprint density at radius 1 is 0.542 bits per heavy atom. The number of nitrogens with zero attached hydrogens (tertiary/aromatic N) is 1. The maximum atomic E-state index is 3.54. The van der Waals surface area contributed by atoms with Crippen LogP contribution in [0.2, 0.25) is 0 Å². The Kier molecular flexibility index (Phi) is 22.9. The molecule has 24 heavy (non-hydrogen) atoms. The van der Waals surface area contributed by atoms with E-state index >= 15 is 0 Å². The van der Waals surface area contributed by atoms with Gasteiger partial charge >= 0.3 is 0 Å². The molecule has 0 unspecified atom stereocenters. The molecule has 148 valence electrons. The molecule has 0 spiro atoms. The molecule has 0 aliphatic heterocycles. The smallest absolute Gasteiger partial charge is 0.0790 e. The van der Waals surface area contributed by atoms with Crippen molar-refractivity contribution in [1.29, 1.82) is 0 Å². The van der Waals surface area contributed by atoms with E-state index in [0.29, 0.717) is 0 Å². The van der Waals surface area contributed by atoms with Crippen LogP contribution in [-0.4, -0.2) is 37.0 Å². The zero-order valence-electron chi connectivity index (χ0n) is 16.9. The summed E-state index contributed by atoms with van der Waals surface area (Å²) in [5.74, 6) is 0. The van der Waals surface area contributed by atoms with Gasteiger partial charge in [0.05, 0.1) is 27.2 Å². The molecule has 0 rings (SSSR count). The molecule has 1 nitrogen and oxygen atoms in total. The van der Waals surface area contributed by atoms with Gasteiger partial charge in [0.15, 0.2) is 0 Å². The molecule has 0 amide bonds. The molecule has 0 aliphatic rings. The first kappa shape index (κ1) is 27.1. The van der Waals surface area contributed by atoms with E-state index in [-0.39, 0.29) is 17.0 Å². The Balaban J connectivity index is 0. The molecule has 0 aromatic rings. The van der Waals surface area contributed by atoms with E-state index in [4.69, 9.17) is 0 Å². The van der Waals surface area contributed by atoms with Gasteiger partial charge in [-0.3, -0.25) is 0 Å². The van der Waals surface area contributed by atoms with Crippen molar-refractivity contribution in [3.8, 4) is 0 Å². The third-order valence-electron chi connectivity index (χ3n) is 5.01. The van der Waals surface area contributed by atoms with Crippen LogP contribution in [0.25, 0.3) is 0 Å². The van der Waals surface area contributed by atoms with Crippen molar-refractivity contribution in [3.63, 3.8) is 0 Å². The first-order valence-corrected chi connectivity index (χ1v) is 11.6. The summed E-state index contributed by atoms with van der Waals surface area (Å²) < 4.78 is 1.20. The molecule has 0 aliphatic carbocycles. The van der Waals surface area contributed by atoms with Gasteiger partial charge in [-0.1, -0.05) is 99.9 Å². The SMILES string of the molecule is CCCCCCCCCCCCCCCC[N+](C)(C)CCCBr.[Br-]. The predicted octanol–water partition coefficient (Wildman–Crippen LogP) is 4.33. The van der Waals surface area contributed by atoms with Crippen molar-refractivity contribution in [2.75, 3.05) is 32.5 Å². The molecule has 0 aromatic carbocycles. The fourth-order valence-electron chi connectivity index (χ4n) is 3.33. The lowest BCUT2D eigenvalue weighted by Gasteiger charge is -2.29. The van der Waals surface area contributed by atoms with Crippen LogP contribution in [0.3, 0.4) is 0 Å². The highest BCUT2D eigenvalue weighted by molar-refractivity contribution is 9.09. The maximum Gasteiger partial charge on any atom is 0.0790 e. The van der Waals surface area contributed by atoms with Crippen LogP contribution in [0.5, 0.6) is 0 Å². The van der Waals surface area contributed by atoms with Gasteiger partial charge in [0, 0.05) is 11.8 Å². The van der Waals surface area contributed by atoms with E-state index in [1.165, 1.54) is 114 Å². The zero-order valence-corrected chi connectivity index (χ0v) is 20.1. The molecule has 0 bridgehead atoms. The Bertz CT molecular complexity index is 232. The van der Waals surface area contributed by atoms with Gasteiger partial charge in [-0.15, -0.1) is 0 Å². The number of unbranched alkanes of at least 4 members (excludes halogenated alkanes) is 13. The number of halogens is 2. The maximum absolute atomic E-state index is 3.54.